The summed E-state index contributed by atoms with van der Waals surface area (Å²) in [5.74, 6) is 0. The van der Waals surface area contributed by atoms with Crippen LogP contribution in [-0.4, -0.2) is 33.0 Å². The van der Waals surface area contributed by atoms with Gasteiger partial charge in [-0.1, -0.05) is 25.0 Å². The third kappa shape index (κ3) is 3.30. The maximum atomic E-state index is 12.0. The monoisotopic (exact) mass is 314 g/mol. The van der Waals surface area contributed by atoms with Crippen molar-refractivity contribution in [3.8, 4) is 0 Å². The van der Waals surface area contributed by atoms with E-state index in [0.717, 1.165) is 6.54 Å². The first-order valence-electron chi connectivity index (χ1n) is 6.85. The first-order valence-corrected chi connectivity index (χ1v) is 9.55. The zero-order valence-corrected chi connectivity index (χ0v) is 13.6. The van der Waals surface area contributed by atoms with E-state index in [0.29, 0.717) is 10.6 Å². The third-order valence-electron chi connectivity index (χ3n) is 3.99. The van der Waals surface area contributed by atoms with E-state index in [4.69, 9.17) is 0 Å². The van der Waals surface area contributed by atoms with Gasteiger partial charge in [0.15, 0.2) is 0 Å². The Bertz CT molecular complexity index is 552. The molecule has 0 radical (unpaired) electrons. The summed E-state index contributed by atoms with van der Waals surface area (Å²) in [6, 6.07) is 7.06. The second kappa shape index (κ2) is 6.37. The van der Waals surface area contributed by atoms with Gasteiger partial charge in [-0.15, -0.1) is 0 Å². The number of sulfonamides is 1. The van der Waals surface area contributed by atoms with Crippen LogP contribution in [0.15, 0.2) is 29.2 Å². The molecular weight excluding hydrogens is 292 g/mol. The maximum absolute atomic E-state index is 12.0. The number of benzene rings is 1. The second-order valence-electron chi connectivity index (χ2n) is 5.15. The lowest BCUT2D eigenvalue weighted by molar-refractivity contribution is 0.588. The summed E-state index contributed by atoms with van der Waals surface area (Å²) in [5.41, 5.74) is 0.683. The average Bonchev–Trinajstić information content (AvgIpc) is 2.95. The second-order valence-corrected chi connectivity index (χ2v) is 8.28. The van der Waals surface area contributed by atoms with Crippen LogP contribution in [0.5, 0.6) is 0 Å². The van der Waals surface area contributed by atoms with Crippen molar-refractivity contribution in [2.24, 2.45) is 0 Å². The minimum Gasteiger partial charge on any atom is -0.383 e. The van der Waals surface area contributed by atoms with E-state index >= 15 is 0 Å². The molecule has 1 aliphatic carbocycles. The van der Waals surface area contributed by atoms with Gasteiger partial charge in [-0.25, -0.2) is 13.1 Å². The van der Waals surface area contributed by atoms with Gasteiger partial charge in [0.2, 0.25) is 10.0 Å². The predicted octanol–water partition coefficient (Wildman–Crippen LogP) is 2.68. The summed E-state index contributed by atoms with van der Waals surface area (Å²) in [4.78, 5) is 0.316. The summed E-state index contributed by atoms with van der Waals surface area (Å²) in [5, 5.41) is 3.35. The molecule has 0 unspecified atom stereocenters. The van der Waals surface area contributed by atoms with Crippen LogP contribution in [0.2, 0.25) is 0 Å². The predicted molar refractivity (Wildman–Crippen MR) is 85.9 cm³/mol. The van der Waals surface area contributed by atoms with E-state index in [2.05, 4.69) is 16.3 Å². The Hall–Kier alpha value is -0.720. The lowest BCUT2D eigenvalue weighted by atomic mass is 10.1. The molecule has 0 aliphatic heterocycles. The van der Waals surface area contributed by atoms with Crippen LogP contribution in [0.4, 0.5) is 5.69 Å². The zero-order valence-electron chi connectivity index (χ0n) is 12.0. The summed E-state index contributed by atoms with van der Waals surface area (Å²) in [6.07, 6.45) is 7.06. The summed E-state index contributed by atoms with van der Waals surface area (Å²) < 4.78 is 26.6. The van der Waals surface area contributed by atoms with Crippen LogP contribution < -0.4 is 10.0 Å². The van der Waals surface area contributed by atoms with Gasteiger partial charge in [-0.3, -0.25) is 0 Å². The highest BCUT2D eigenvalue weighted by atomic mass is 32.2. The molecule has 4 nitrogen and oxygen atoms in total. The molecule has 1 aromatic rings. The van der Waals surface area contributed by atoms with Crippen molar-refractivity contribution in [2.45, 2.75) is 35.3 Å². The van der Waals surface area contributed by atoms with E-state index in [1.54, 1.807) is 12.1 Å². The van der Waals surface area contributed by atoms with Crippen molar-refractivity contribution in [3.05, 3.63) is 24.3 Å². The molecule has 6 heteroatoms. The highest BCUT2D eigenvalue weighted by Gasteiger charge is 2.33. The van der Waals surface area contributed by atoms with Gasteiger partial charge in [0, 0.05) is 11.3 Å². The van der Waals surface area contributed by atoms with Crippen molar-refractivity contribution >= 4 is 27.5 Å². The highest BCUT2D eigenvalue weighted by Crippen LogP contribution is 2.40. The number of nitrogens with one attached hydrogen (secondary N) is 2. The van der Waals surface area contributed by atoms with E-state index in [1.807, 2.05) is 23.9 Å². The third-order valence-corrected chi connectivity index (χ3v) is 6.89. The molecule has 0 spiro atoms. The molecule has 0 heterocycles. The zero-order chi connectivity index (χ0) is 14.6. The fourth-order valence-electron chi connectivity index (χ4n) is 2.69. The molecule has 0 saturated heterocycles. The summed E-state index contributed by atoms with van der Waals surface area (Å²) in [7, 11) is -1.98. The molecule has 1 fully saturated rings. The van der Waals surface area contributed by atoms with Crippen molar-refractivity contribution in [1.29, 1.82) is 0 Å². The molecule has 0 amide bonds. The van der Waals surface area contributed by atoms with E-state index in [9.17, 15) is 8.42 Å². The van der Waals surface area contributed by atoms with Crippen molar-refractivity contribution in [3.63, 3.8) is 0 Å². The fourth-order valence-corrected chi connectivity index (χ4v) is 4.51. The van der Waals surface area contributed by atoms with Crippen LogP contribution in [0.25, 0.3) is 0 Å². The van der Waals surface area contributed by atoms with Gasteiger partial charge in [0.25, 0.3) is 0 Å². The average molecular weight is 314 g/mol. The smallest absolute Gasteiger partial charge is 0.242 e. The van der Waals surface area contributed by atoms with Crippen LogP contribution in [0.3, 0.4) is 0 Å². The summed E-state index contributed by atoms with van der Waals surface area (Å²) >= 11 is 1.89. The standard InChI is InChI=1S/C14H22N2O2S2/c1-15-20(17,18)13-8-4-3-7-12(13)16-11-14(19-2)9-5-6-10-14/h3-4,7-8,15-16H,5-6,9-11H2,1-2H3. The van der Waals surface area contributed by atoms with Gasteiger partial charge in [0.05, 0.1) is 5.69 Å². The minimum atomic E-state index is -3.42. The quantitative estimate of drug-likeness (QED) is 0.847. The first-order chi connectivity index (χ1) is 9.53. The lowest BCUT2D eigenvalue weighted by Crippen LogP contribution is -2.31. The van der Waals surface area contributed by atoms with E-state index in [1.165, 1.54) is 32.7 Å². The Labute approximate surface area is 125 Å². The van der Waals surface area contributed by atoms with Gasteiger partial charge in [-0.2, -0.15) is 11.8 Å². The molecule has 1 aromatic carbocycles. The Morgan fingerprint density at radius 3 is 2.50 bits per heavy atom. The van der Waals surface area contributed by atoms with Crippen LogP contribution in [0.1, 0.15) is 25.7 Å². The van der Waals surface area contributed by atoms with E-state index < -0.39 is 10.0 Å². The van der Waals surface area contributed by atoms with Crippen LogP contribution >= 0.6 is 11.8 Å². The molecule has 2 N–H and O–H groups in total. The number of thioether (sulfide) groups is 1. The number of rotatable bonds is 6. The molecule has 2 rings (SSSR count). The van der Waals surface area contributed by atoms with Crippen LogP contribution in [-0.2, 0) is 10.0 Å². The SMILES string of the molecule is CNS(=O)(=O)c1ccccc1NCC1(SC)CCCC1. The largest absolute Gasteiger partial charge is 0.383 e. The Balaban J connectivity index is 2.18. The highest BCUT2D eigenvalue weighted by molar-refractivity contribution is 8.00. The normalized spacial score (nSPS) is 18.1. The van der Waals surface area contributed by atoms with Crippen molar-refractivity contribution < 1.29 is 8.42 Å². The lowest BCUT2D eigenvalue weighted by Gasteiger charge is -2.28. The van der Waals surface area contributed by atoms with E-state index in [-0.39, 0.29) is 4.75 Å². The molecule has 112 valence electrons. The van der Waals surface area contributed by atoms with Crippen molar-refractivity contribution in [2.75, 3.05) is 25.2 Å². The van der Waals surface area contributed by atoms with Gasteiger partial charge in [0.1, 0.15) is 4.90 Å². The first kappa shape index (κ1) is 15.7. The fraction of sp³-hybridized carbons (Fsp3) is 0.571. The number of hydrogen-bond acceptors (Lipinski definition) is 4. The molecule has 20 heavy (non-hydrogen) atoms. The molecule has 1 saturated carbocycles. The topological polar surface area (TPSA) is 58.2 Å². The van der Waals surface area contributed by atoms with Gasteiger partial charge in [-0.05, 0) is 38.3 Å². The molecular formula is C14H22N2O2S2. The number of anilines is 1. The molecule has 0 aromatic heterocycles. The number of para-hydroxylation sites is 1. The van der Waals surface area contributed by atoms with Gasteiger partial charge >= 0.3 is 0 Å². The molecule has 0 bridgehead atoms. The number of hydrogen-bond donors (Lipinski definition) is 2. The van der Waals surface area contributed by atoms with Gasteiger partial charge < -0.3 is 5.32 Å². The maximum Gasteiger partial charge on any atom is 0.242 e. The van der Waals surface area contributed by atoms with Crippen molar-refractivity contribution in [1.82, 2.24) is 4.72 Å². The molecule has 0 atom stereocenters. The minimum absolute atomic E-state index is 0.247. The van der Waals surface area contributed by atoms with Crippen LogP contribution in [0, 0.1) is 0 Å². The Kier molecular flexibility index (Phi) is 4.99. The summed E-state index contributed by atoms with van der Waals surface area (Å²) in [6.45, 7) is 0.810. The Morgan fingerprint density at radius 1 is 1.25 bits per heavy atom. The Morgan fingerprint density at radius 2 is 1.90 bits per heavy atom. The molecule has 1 aliphatic rings.